The zero-order valence-corrected chi connectivity index (χ0v) is 8.22. The average molecular weight is 210 g/mol. The molecule has 2 rings (SSSR count). The number of nitrogens with zero attached hydrogens (tertiary/aromatic N) is 1. The van der Waals surface area contributed by atoms with E-state index in [1.165, 1.54) is 6.07 Å². The van der Waals surface area contributed by atoms with Crippen LogP contribution in [-0.2, 0) is 0 Å². The van der Waals surface area contributed by atoms with Crippen LogP contribution < -0.4 is 11.3 Å². The Morgan fingerprint density at radius 3 is 2.93 bits per heavy atom. The van der Waals surface area contributed by atoms with Crippen LogP contribution in [0.25, 0.3) is 10.9 Å². The molecule has 5 heteroatoms. The molecule has 2 aromatic rings. The quantitative estimate of drug-likeness (QED) is 0.646. The van der Waals surface area contributed by atoms with Crippen molar-refractivity contribution in [2.75, 3.05) is 5.73 Å². The number of aromatic amines is 1. The molecule has 1 heterocycles. The van der Waals surface area contributed by atoms with Crippen LogP contribution in [0.3, 0.4) is 0 Å². The van der Waals surface area contributed by atoms with Crippen LogP contribution in [-0.4, -0.2) is 9.97 Å². The number of nitrogens with two attached hydrogens (primary N) is 1. The van der Waals surface area contributed by atoms with Gasteiger partial charge in [0.1, 0.15) is 5.82 Å². The van der Waals surface area contributed by atoms with Gasteiger partial charge in [0.15, 0.2) is 0 Å². The highest BCUT2D eigenvalue weighted by molar-refractivity contribution is 6.33. The number of hydrogen-bond acceptors (Lipinski definition) is 3. The van der Waals surface area contributed by atoms with E-state index in [1.807, 2.05) is 0 Å². The second-order valence-corrected chi connectivity index (χ2v) is 3.45. The summed E-state index contributed by atoms with van der Waals surface area (Å²) in [5, 5.41) is 0.868. The second-order valence-electron chi connectivity index (χ2n) is 3.04. The van der Waals surface area contributed by atoms with Gasteiger partial charge in [-0.15, -0.1) is 0 Å². The van der Waals surface area contributed by atoms with Crippen LogP contribution in [0.15, 0.2) is 16.9 Å². The van der Waals surface area contributed by atoms with E-state index in [1.54, 1.807) is 13.0 Å². The first kappa shape index (κ1) is 9.02. The van der Waals surface area contributed by atoms with Gasteiger partial charge in [0.25, 0.3) is 5.56 Å². The molecule has 0 aliphatic heterocycles. The summed E-state index contributed by atoms with van der Waals surface area (Å²) in [6.07, 6.45) is 0. The van der Waals surface area contributed by atoms with Gasteiger partial charge in [-0.3, -0.25) is 4.79 Å². The summed E-state index contributed by atoms with van der Waals surface area (Å²) in [7, 11) is 0. The summed E-state index contributed by atoms with van der Waals surface area (Å²) >= 11 is 5.82. The second kappa shape index (κ2) is 2.99. The third-order valence-corrected chi connectivity index (χ3v) is 2.27. The molecule has 0 amide bonds. The number of aryl methyl sites for hydroxylation is 1. The lowest BCUT2D eigenvalue weighted by Gasteiger charge is -2.01. The fourth-order valence-electron chi connectivity index (χ4n) is 1.29. The lowest BCUT2D eigenvalue weighted by molar-refractivity contribution is 1.06. The van der Waals surface area contributed by atoms with Gasteiger partial charge in [-0.05, 0) is 19.1 Å². The molecule has 0 fully saturated rings. The molecule has 0 aliphatic carbocycles. The zero-order valence-electron chi connectivity index (χ0n) is 7.47. The molecule has 0 aliphatic rings. The highest BCUT2D eigenvalue weighted by Crippen LogP contribution is 2.22. The Balaban J connectivity index is 2.96. The van der Waals surface area contributed by atoms with E-state index in [0.29, 0.717) is 27.4 Å². The van der Waals surface area contributed by atoms with Crippen molar-refractivity contribution in [3.05, 3.63) is 33.3 Å². The Bertz CT molecular complexity index is 562. The third-order valence-electron chi connectivity index (χ3n) is 1.94. The molecule has 0 unspecified atom stereocenters. The lowest BCUT2D eigenvalue weighted by atomic mass is 10.2. The maximum absolute atomic E-state index is 11.5. The first-order chi connectivity index (χ1) is 6.58. The molecule has 0 radical (unpaired) electrons. The number of hydrogen-bond donors (Lipinski definition) is 2. The minimum absolute atomic E-state index is 0.198. The number of rotatable bonds is 0. The molecule has 0 saturated carbocycles. The molecule has 14 heavy (non-hydrogen) atoms. The Hall–Kier alpha value is -1.55. The summed E-state index contributed by atoms with van der Waals surface area (Å²) < 4.78 is 0. The van der Waals surface area contributed by atoms with Crippen molar-refractivity contribution in [3.8, 4) is 0 Å². The smallest absolute Gasteiger partial charge is 0.258 e. The summed E-state index contributed by atoms with van der Waals surface area (Å²) in [5.74, 6) is 0.559. The first-order valence-corrected chi connectivity index (χ1v) is 4.41. The lowest BCUT2D eigenvalue weighted by Crippen LogP contribution is -2.10. The number of nitrogen functional groups attached to an aromatic ring is 1. The Kier molecular flexibility index (Phi) is 1.93. The van der Waals surface area contributed by atoms with Crippen molar-refractivity contribution in [2.45, 2.75) is 6.92 Å². The van der Waals surface area contributed by atoms with Gasteiger partial charge in [-0.25, -0.2) is 4.98 Å². The maximum atomic E-state index is 11.5. The number of anilines is 1. The molecular weight excluding hydrogens is 202 g/mol. The van der Waals surface area contributed by atoms with Crippen LogP contribution >= 0.6 is 11.6 Å². The van der Waals surface area contributed by atoms with Crippen LogP contribution in [0.4, 0.5) is 5.69 Å². The molecule has 1 aromatic heterocycles. The summed E-state index contributed by atoms with van der Waals surface area (Å²) in [4.78, 5) is 18.2. The molecule has 0 bridgehead atoms. The van der Waals surface area contributed by atoms with Gasteiger partial charge in [-0.1, -0.05) is 11.6 Å². The number of halogens is 1. The van der Waals surface area contributed by atoms with E-state index in [9.17, 15) is 4.79 Å². The van der Waals surface area contributed by atoms with E-state index >= 15 is 0 Å². The van der Waals surface area contributed by atoms with E-state index in [2.05, 4.69) is 9.97 Å². The van der Waals surface area contributed by atoms with E-state index in [0.717, 1.165) is 0 Å². The van der Waals surface area contributed by atoms with Gasteiger partial charge in [0, 0.05) is 0 Å². The number of fused-ring (bicyclic) bond motifs is 1. The summed E-state index contributed by atoms with van der Waals surface area (Å²) in [6, 6.07) is 3.12. The molecule has 0 atom stereocenters. The predicted octanol–water partition coefficient (Wildman–Crippen LogP) is 1.47. The Labute approximate surface area is 84.7 Å². The number of nitrogens with one attached hydrogen (secondary N) is 1. The molecule has 1 aromatic carbocycles. The number of H-pyrrole nitrogens is 1. The van der Waals surface area contributed by atoms with Crippen LogP contribution in [0.1, 0.15) is 5.82 Å². The Morgan fingerprint density at radius 2 is 2.21 bits per heavy atom. The van der Waals surface area contributed by atoms with Crippen molar-refractivity contribution in [2.24, 2.45) is 0 Å². The van der Waals surface area contributed by atoms with Crippen molar-refractivity contribution >= 4 is 28.2 Å². The fourth-order valence-corrected chi connectivity index (χ4v) is 1.45. The summed E-state index contributed by atoms with van der Waals surface area (Å²) in [6.45, 7) is 1.71. The maximum Gasteiger partial charge on any atom is 0.258 e. The van der Waals surface area contributed by atoms with Crippen LogP contribution in [0.2, 0.25) is 5.02 Å². The molecule has 4 nitrogen and oxygen atoms in total. The molecule has 72 valence electrons. The molecule has 0 saturated heterocycles. The zero-order chi connectivity index (χ0) is 10.3. The highest BCUT2D eigenvalue weighted by Gasteiger charge is 2.04. The minimum atomic E-state index is -0.198. The fraction of sp³-hybridized carbons (Fsp3) is 0.111. The van der Waals surface area contributed by atoms with Gasteiger partial charge >= 0.3 is 0 Å². The van der Waals surface area contributed by atoms with Crippen LogP contribution in [0, 0.1) is 6.92 Å². The van der Waals surface area contributed by atoms with Gasteiger partial charge in [0.05, 0.1) is 21.6 Å². The monoisotopic (exact) mass is 209 g/mol. The van der Waals surface area contributed by atoms with Crippen molar-refractivity contribution < 1.29 is 0 Å². The van der Waals surface area contributed by atoms with E-state index in [4.69, 9.17) is 17.3 Å². The predicted molar refractivity (Wildman–Crippen MR) is 56.5 cm³/mol. The van der Waals surface area contributed by atoms with Crippen molar-refractivity contribution in [1.29, 1.82) is 0 Å². The summed E-state index contributed by atoms with van der Waals surface area (Å²) in [5.41, 5.74) is 6.33. The highest BCUT2D eigenvalue weighted by atomic mass is 35.5. The molecular formula is C9H8ClN3O. The third kappa shape index (κ3) is 1.33. The van der Waals surface area contributed by atoms with Crippen molar-refractivity contribution in [1.82, 2.24) is 9.97 Å². The SMILES string of the molecule is Cc1nc2cc(Cl)c(N)cc2c(=O)[nH]1. The topological polar surface area (TPSA) is 71.8 Å². The van der Waals surface area contributed by atoms with Gasteiger partial charge < -0.3 is 10.7 Å². The van der Waals surface area contributed by atoms with Gasteiger partial charge in [-0.2, -0.15) is 0 Å². The first-order valence-electron chi connectivity index (χ1n) is 4.03. The molecule has 0 spiro atoms. The van der Waals surface area contributed by atoms with Gasteiger partial charge in [0.2, 0.25) is 0 Å². The van der Waals surface area contributed by atoms with E-state index in [-0.39, 0.29) is 5.56 Å². The normalized spacial score (nSPS) is 10.7. The standard InChI is InChI=1S/C9H8ClN3O/c1-4-12-8-3-6(10)7(11)2-5(8)9(14)13-4/h2-3H,11H2,1H3,(H,12,13,14). The van der Waals surface area contributed by atoms with Crippen molar-refractivity contribution in [3.63, 3.8) is 0 Å². The molecule has 3 N–H and O–H groups in total. The number of aromatic nitrogens is 2. The van der Waals surface area contributed by atoms with E-state index < -0.39 is 0 Å². The number of benzene rings is 1. The van der Waals surface area contributed by atoms with Crippen LogP contribution in [0.5, 0.6) is 0 Å². The Morgan fingerprint density at radius 1 is 1.50 bits per heavy atom. The minimum Gasteiger partial charge on any atom is -0.398 e. The largest absolute Gasteiger partial charge is 0.398 e. The average Bonchev–Trinajstić information content (AvgIpc) is 2.08.